The van der Waals surface area contributed by atoms with Gasteiger partial charge in [0.05, 0.1) is 11.5 Å². The van der Waals surface area contributed by atoms with Gasteiger partial charge < -0.3 is 15.8 Å². The summed E-state index contributed by atoms with van der Waals surface area (Å²) < 4.78 is 39.7. The van der Waals surface area contributed by atoms with Gasteiger partial charge in [-0.2, -0.15) is 13.2 Å². The number of nitrogens with one attached hydrogen (secondary N) is 1. The Hall–Kier alpha value is -2.03. The Morgan fingerprint density at radius 1 is 1.42 bits per heavy atom. The van der Waals surface area contributed by atoms with Gasteiger partial charge in [0.25, 0.3) is 5.69 Å². The van der Waals surface area contributed by atoms with E-state index in [9.17, 15) is 23.3 Å². The Bertz CT molecular complexity index is 451. The van der Waals surface area contributed by atoms with Crippen molar-refractivity contribution >= 4 is 17.1 Å². The molecule has 0 amide bonds. The lowest BCUT2D eigenvalue weighted by molar-refractivity contribution is -0.383. The van der Waals surface area contributed by atoms with E-state index in [1.807, 2.05) is 0 Å². The van der Waals surface area contributed by atoms with Gasteiger partial charge in [0.1, 0.15) is 12.3 Å². The predicted octanol–water partition coefficient (Wildman–Crippen LogP) is 2.17. The minimum Gasteiger partial charge on any atom is -0.399 e. The van der Waals surface area contributed by atoms with E-state index < -0.39 is 17.7 Å². The molecule has 0 saturated carbocycles. The number of hydrogen-bond acceptors (Lipinski definition) is 5. The minimum absolute atomic E-state index is 0.000370. The molecule has 0 unspecified atom stereocenters. The molecule has 6 nitrogen and oxygen atoms in total. The molecule has 3 N–H and O–H groups in total. The highest BCUT2D eigenvalue weighted by atomic mass is 19.4. The predicted molar refractivity (Wildman–Crippen MR) is 62.9 cm³/mol. The number of hydrogen-bond donors (Lipinski definition) is 2. The molecule has 0 atom stereocenters. The highest BCUT2D eigenvalue weighted by Gasteiger charge is 2.27. The van der Waals surface area contributed by atoms with E-state index in [-0.39, 0.29) is 24.5 Å². The molecule has 106 valence electrons. The molecule has 19 heavy (non-hydrogen) atoms. The van der Waals surface area contributed by atoms with Crippen molar-refractivity contribution < 1.29 is 22.8 Å². The minimum atomic E-state index is -4.39. The SMILES string of the molecule is Nc1ccc([N+](=O)[O-])c(NCCOCC(F)(F)F)c1. The number of nitro benzene ring substituents is 1. The first-order valence-electron chi connectivity index (χ1n) is 5.22. The zero-order valence-corrected chi connectivity index (χ0v) is 9.74. The normalized spacial score (nSPS) is 11.3. The number of nitrogens with zero attached hydrogens (tertiary/aromatic N) is 1. The van der Waals surface area contributed by atoms with Gasteiger partial charge in [-0.25, -0.2) is 0 Å². The molecule has 0 aliphatic rings. The zero-order chi connectivity index (χ0) is 14.5. The molecule has 0 aromatic heterocycles. The monoisotopic (exact) mass is 279 g/mol. The van der Waals surface area contributed by atoms with Crippen LogP contribution in [0.2, 0.25) is 0 Å². The summed E-state index contributed by atoms with van der Waals surface area (Å²) in [6, 6.07) is 3.92. The van der Waals surface area contributed by atoms with Gasteiger partial charge in [-0.3, -0.25) is 10.1 Å². The Morgan fingerprint density at radius 3 is 2.68 bits per heavy atom. The van der Waals surface area contributed by atoms with Gasteiger partial charge in [-0.1, -0.05) is 0 Å². The van der Waals surface area contributed by atoms with Crippen molar-refractivity contribution in [2.45, 2.75) is 6.18 Å². The Labute approximate surface area is 106 Å². The van der Waals surface area contributed by atoms with Crippen molar-refractivity contribution in [1.29, 1.82) is 0 Å². The summed E-state index contributed by atoms with van der Waals surface area (Å²) in [4.78, 5) is 10.1. The standard InChI is InChI=1S/C10H12F3N3O3/c11-10(12,13)6-19-4-3-15-8-5-7(14)1-2-9(8)16(17)18/h1-2,5,15H,3-4,6,14H2. The highest BCUT2D eigenvalue weighted by molar-refractivity contribution is 5.67. The Morgan fingerprint density at radius 2 is 2.11 bits per heavy atom. The number of alkyl halides is 3. The molecule has 0 aliphatic carbocycles. The van der Waals surface area contributed by atoms with E-state index in [2.05, 4.69) is 10.1 Å². The van der Waals surface area contributed by atoms with E-state index in [0.29, 0.717) is 5.69 Å². The summed E-state index contributed by atoms with van der Waals surface area (Å²) in [6.45, 7) is -1.58. The van der Waals surface area contributed by atoms with E-state index in [1.165, 1.54) is 18.2 Å². The molecule has 9 heteroatoms. The van der Waals surface area contributed by atoms with E-state index in [1.54, 1.807) is 0 Å². The first-order chi connectivity index (χ1) is 8.79. The van der Waals surface area contributed by atoms with Crippen LogP contribution in [0.5, 0.6) is 0 Å². The second kappa shape index (κ2) is 6.23. The largest absolute Gasteiger partial charge is 0.411 e. The van der Waals surface area contributed by atoms with Crippen molar-refractivity contribution in [3.05, 3.63) is 28.3 Å². The maximum atomic E-state index is 11.8. The second-order valence-corrected chi connectivity index (χ2v) is 3.63. The lowest BCUT2D eigenvalue weighted by atomic mass is 10.2. The topological polar surface area (TPSA) is 90.4 Å². The van der Waals surface area contributed by atoms with Gasteiger partial charge in [-0.05, 0) is 12.1 Å². The molecule has 1 rings (SSSR count). The molecular weight excluding hydrogens is 267 g/mol. The number of anilines is 2. The van der Waals surface area contributed by atoms with Crippen LogP contribution in [-0.2, 0) is 4.74 Å². The lowest BCUT2D eigenvalue weighted by Crippen LogP contribution is -2.20. The fraction of sp³-hybridized carbons (Fsp3) is 0.400. The van der Waals surface area contributed by atoms with Crippen LogP contribution in [0.1, 0.15) is 0 Å². The van der Waals surface area contributed by atoms with Crippen LogP contribution in [0.15, 0.2) is 18.2 Å². The average Bonchev–Trinajstić information content (AvgIpc) is 2.26. The van der Waals surface area contributed by atoms with Crippen LogP contribution in [0.25, 0.3) is 0 Å². The zero-order valence-electron chi connectivity index (χ0n) is 9.74. The van der Waals surface area contributed by atoms with Gasteiger partial charge in [0, 0.05) is 18.3 Å². The number of nitro groups is 1. The first-order valence-corrected chi connectivity index (χ1v) is 5.22. The second-order valence-electron chi connectivity index (χ2n) is 3.63. The van der Waals surface area contributed by atoms with Crippen molar-refractivity contribution in [3.8, 4) is 0 Å². The molecule has 0 heterocycles. The van der Waals surface area contributed by atoms with Gasteiger partial charge in [0.2, 0.25) is 0 Å². The van der Waals surface area contributed by atoms with Crippen molar-refractivity contribution in [2.24, 2.45) is 0 Å². The van der Waals surface area contributed by atoms with Crippen LogP contribution in [-0.4, -0.2) is 30.9 Å². The number of ether oxygens (including phenoxy) is 1. The first kappa shape index (κ1) is 15.0. The van der Waals surface area contributed by atoms with Crippen LogP contribution < -0.4 is 11.1 Å². The quantitative estimate of drug-likeness (QED) is 0.360. The third kappa shape index (κ3) is 5.42. The van der Waals surface area contributed by atoms with E-state index >= 15 is 0 Å². The van der Waals surface area contributed by atoms with Gasteiger partial charge in [-0.15, -0.1) is 0 Å². The van der Waals surface area contributed by atoms with Crippen LogP contribution in [0.4, 0.5) is 30.2 Å². The number of nitrogen functional groups attached to an aromatic ring is 1. The van der Waals surface area contributed by atoms with Crippen LogP contribution >= 0.6 is 0 Å². The fourth-order valence-electron chi connectivity index (χ4n) is 1.30. The third-order valence-electron chi connectivity index (χ3n) is 2.04. The summed E-state index contributed by atoms with van der Waals surface area (Å²) in [5.74, 6) is 0. The maximum Gasteiger partial charge on any atom is 0.411 e. The summed E-state index contributed by atoms with van der Waals surface area (Å²) in [5.41, 5.74) is 5.72. The number of nitrogens with two attached hydrogens (primary N) is 1. The third-order valence-corrected chi connectivity index (χ3v) is 2.04. The summed E-state index contributed by atoms with van der Waals surface area (Å²) in [5, 5.41) is 13.3. The van der Waals surface area contributed by atoms with Crippen molar-refractivity contribution in [3.63, 3.8) is 0 Å². The van der Waals surface area contributed by atoms with E-state index in [4.69, 9.17) is 5.73 Å². The van der Waals surface area contributed by atoms with Gasteiger partial charge in [0.15, 0.2) is 0 Å². The summed E-state index contributed by atoms with van der Waals surface area (Å²) >= 11 is 0. The summed E-state index contributed by atoms with van der Waals surface area (Å²) in [6.07, 6.45) is -4.39. The molecule has 1 aromatic carbocycles. The molecule has 0 spiro atoms. The molecule has 0 bridgehead atoms. The molecular formula is C10H12F3N3O3. The molecule has 0 saturated heterocycles. The maximum absolute atomic E-state index is 11.8. The molecule has 1 aromatic rings. The highest BCUT2D eigenvalue weighted by Crippen LogP contribution is 2.26. The van der Waals surface area contributed by atoms with Crippen LogP contribution in [0.3, 0.4) is 0 Å². The number of halogens is 3. The number of rotatable bonds is 6. The van der Waals surface area contributed by atoms with Gasteiger partial charge >= 0.3 is 6.18 Å². The molecule has 0 fully saturated rings. The fourth-order valence-corrected chi connectivity index (χ4v) is 1.30. The smallest absolute Gasteiger partial charge is 0.399 e. The summed E-state index contributed by atoms with van der Waals surface area (Å²) in [7, 11) is 0. The average molecular weight is 279 g/mol. The number of benzene rings is 1. The Kier molecular flexibility index (Phi) is 4.93. The molecule has 0 radical (unpaired) electrons. The van der Waals surface area contributed by atoms with Crippen molar-refractivity contribution in [1.82, 2.24) is 0 Å². The van der Waals surface area contributed by atoms with Crippen LogP contribution in [0, 0.1) is 10.1 Å². The van der Waals surface area contributed by atoms with Crippen molar-refractivity contribution in [2.75, 3.05) is 30.8 Å². The Balaban J connectivity index is 2.49. The lowest BCUT2D eigenvalue weighted by Gasteiger charge is -2.10. The van der Waals surface area contributed by atoms with E-state index in [0.717, 1.165) is 0 Å². The molecule has 0 aliphatic heterocycles.